The van der Waals surface area contributed by atoms with Gasteiger partial charge in [-0.15, -0.1) is 0 Å². The second-order valence-electron chi connectivity index (χ2n) is 8.54. The van der Waals surface area contributed by atoms with E-state index < -0.39 is 0 Å². The van der Waals surface area contributed by atoms with E-state index in [4.69, 9.17) is 16.1 Å². The van der Waals surface area contributed by atoms with Crippen LogP contribution in [0.25, 0.3) is 11.0 Å². The summed E-state index contributed by atoms with van der Waals surface area (Å²) in [6.45, 7) is 1.73. The molecule has 2 aliphatic rings. The van der Waals surface area contributed by atoms with Crippen molar-refractivity contribution in [3.63, 3.8) is 0 Å². The van der Waals surface area contributed by atoms with Crippen LogP contribution in [0.4, 0.5) is 0 Å². The second-order valence-corrected chi connectivity index (χ2v) is 8.54. The summed E-state index contributed by atoms with van der Waals surface area (Å²) < 4.78 is 2.14. The number of aromatic nitrogens is 2. The average Bonchev–Trinajstić information content (AvgIpc) is 3.34. The molecule has 1 amide bonds. The third-order valence-electron chi connectivity index (χ3n) is 6.42. The Hall–Kier alpha value is -3.15. The monoisotopic (exact) mass is 401 g/mol. The first-order valence-corrected chi connectivity index (χ1v) is 10.7. The number of benzene rings is 2. The van der Waals surface area contributed by atoms with Gasteiger partial charge in [0.1, 0.15) is 11.7 Å². The van der Waals surface area contributed by atoms with Crippen molar-refractivity contribution in [1.29, 1.82) is 5.41 Å². The Labute approximate surface area is 176 Å². The van der Waals surface area contributed by atoms with Gasteiger partial charge in [-0.2, -0.15) is 0 Å². The van der Waals surface area contributed by atoms with E-state index in [1.165, 1.54) is 0 Å². The molecule has 3 aromatic rings. The molecule has 154 valence electrons. The van der Waals surface area contributed by atoms with Gasteiger partial charge in [0.25, 0.3) is 5.91 Å². The highest BCUT2D eigenvalue weighted by Gasteiger charge is 2.33. The van der Waals surface area contributed by atoms with E-state index in [0.29, 0.717) is 12.3 Å². The van der Waals surface area contributed by atoms with Crippen LogP contribution in [-0.4, -0.2) is 39.3 Å². The van der Waals surface area contributed by atoms with E-state index >= 15 is 0 Å². The summed E-state index contributed by atoms with van der Waals surface area (Å²) in [5.74, 6) is 1.68. The zero-order valence-corrected chi connectivity index (χ0v) is 17.3. The Morgan fingerprint density at radius 2 is 1.83 bits per heavy atom. The number of hydrogen-bond donors (Lipinski definition) is 2. The minimum Gasteiger partial charge on any atom is -0.384 e. The molecule has 1 saturated heterocycles. The summed E-state index contributed by atoms with van der Waals surface area (Å²) in [5, 5.41) is 7.55. The Kier molecular flexibility index (Phi) is 4.57. The molecule has 0 bridgehead atoms. The maximum atomic E-state index is 13.2. The number of amidine groups is 1. The van der Waals surface area contributed by atoms with Gasteiger partial charge < -0.3 is 15.2 Å². The van der Waals surface area contributed by atoms with Crippen LogP contribution in [0.5, 0.6) is 0 Å². The Balaban J connectivity index is 1.53. The number of aryl methyl sites for hydroxylation is 1. The molecule has 6 heteroatoms. The first-order chi connectivity index (χ1) is 14.5. The van der Waals surface area contributed by atoms with Crippen molar-refractivity contribution in [2.45, 2.75) is 38.0 Å². The van der Waals surface area contributed by atoms with E-state index in [1.54, 1.807) is 0 Å². The third kappa shape index (κ3) is 3.26. The van der Waals surface area contributed by atoms with Crippen LogP contribution >= 0.6 is 0 Å². The standard InChI is InChI=1S/C24H27N5O/c1-28-19-11-10-18(24(30)29-12-2-3-13-29)21(16-8-9-16)22(19)27-20(28)14-15-4-6-17(7-5-15)23(25)26/h4-7,10-11,16H,2-3,8-9,12-14H2,1H3,(H3,25,26). The number of likely N-dealkylation sites (tertiary alicyclic amines) is 1. The molecule has 1 aromatic heterocycles. The van der Waals surface area contributed by atoms with E-state index in [9.17, 15) is 4.79 Å². The lowest BCUT2D eigenvalue weighted by Gasteiger charge is -2.18. The minimum atomic E-state index is 0.0774. The van der Waals surface area contributed by atoms with Crippen molar-refractivity contribution in [2.24, 2.45) is 12.8 Å². The van der Waals surface area contributed by atoms with Crippen molar-refractivity contribution in [3.05, 3.63) is 64.5 Å². The highest BCUT2D eigenvalue weighted by atomic mass is 16.2. The van der Waals surface area contributed by atoms with Gasteiger partial charge in [0.2, 0.25) is 0 Å². The fraction of sp³-hybridized carbons (Fsp3) is 0.375. The molecule has 30 heavy (non-hydrogen) atoms. The number of nitrogen functional groups attached to an aromatic ring is 1. The largest absolute Gasteiger partial charge is 0.384 e. The van der Waals surface area contributed by atoms with Gasteiger partial charge in [-0.3, -0.25) is 10.2 Å². The normalized spacial score (nSPS) is 16.4. The van der Waals surface area contributed by atoms with Crippen molar-refractivity contribution < 1.29 is 4.79 Å². The highest BCUT2D eigenvalue weighted by Crippen LogP contribution is 2.45. The Bertz CT molecular complexity index is 1130. The van der Waals surface area contributed by atoms with Crippen molar-refractivity contribution in [3.8, 4) is 0 Å². The summed E-state index contributed by atoms with van der Waals surface area (Å²) in [4.78, 5) is 20.2. The van der Waals surface area contributed by atoms with Gasteiger partial charge >= 0.3 is 0 Å². The second kappa shape index (κ2) is 7.27. The summed E-state index contributed by atoms with van der Waals surface area (Å²) in [6.07, 6.45) is 5.17. The van der Waals surface area contributed by atoms with Crippen LogP contribution in [0.2, 0.25) is 0 Å². The van der Waals surface area contributed by atoms with Crippen molar-refractivity contribution in [1.82, 2.24) is 14.5 Å². The highest BCUT2D eigenvalue weighted by molar-refractivity contribution is 6.01. The summed E-state index contributed by atoms with van der Waals surface area (Å²) >= 11 is 0. The van der Waals surface area contributed by atoms with Crippen LogP contribution < -0.4 is 5.73 Å². The zero-order chi connectivity index (χ0) is 20.8. The van der Waals surface area contributed by atoms with Crippen molar-refractivity contribution in [2.75, 3.05) is 13.1 Å². The Morgan fingerprint density at radius 3 is 2.47 bits per heavy atom. The van der Waals surface area contributed by atoms with E-state index in [-0.39, 0.29) is 11.7 Å². The molecular formula is C24H27N5O. The molecule has 0 atom stereocenters. The van der Waals surface area contributed by atoms with Gasteiger partial charge in [-0.05, 0) is 54.9 Å². The Morgan fingerprint density at radius 1 is 1.13 bits per heavy atom. The maximum Gasteiger partial charge on any atom is 0.254 e. The van der Waals surface area contributed by atoms with Gasteiger partial charge in [0.15, 0.2) is 0 Å². The molecule has 6 nitrogen and oxygen atoms in total. The summed E-state index contributed by atoms with van der Waals surface area (Å²) in [7, 11) is 2.05. The molecule has 2 heterocycles. The average molecular weight is 402 g/mol. The third-order valence-corrected chi connectivity index (χ3v) is 6.42. The molecule has 0 unspecified atom stereocenters. The molecule has 2 aromatic carbocycles. The van der Waals surface area contributed by atoms with Crippen LogP contribution in [0.3, 0.4) is 0 Å². The zero-order valence-electron chi connectivity index (χ0n) is 17.3. The molecule has 0 spiro atoms. The van der Waals surface area contributed by atoms with Crippen LogP contribution in [0.15, 0.2) is 36.4 Å². The van der Waals surface area contributed by atoms with Crippen molar-refractivity contribution >= 4 is 22.8 Å². The smallest absolute Gasteiger partial charge is 0.254 e. The number of nitrogens with one attached hydrogen (secondary N) is 1. The van der Waals surface area contributed by atoms with E-state index in [1.807, 2.05) is 42.3 Å². The van der Waals surface area contributed by atoms with E-state index in [0.717, 1.165) is 77.9 Å². The quantitative estimate of drug-likeness (QED) is 0.506. The predicted octanol–water partition coefficient (Wildman–Crippen LogP) is 3.56. The lowest BCUT2D eigenvalue weighted by molar-refractivity contribution is 0.0792. The first kappa shape index (κ1) is 18.9. The number of amides is 1. The number of rotatable bonds is 5. The number of carbonyl (C=O) groups excluding carboxylic acids is 1. The van der Waals surface area contributed by atoms with E-state index in [2.05, 4.69) is 10.6 Å². The van der Waals surface area contributed by atoms with Crippen LogP contribution in [-0.2, 0) is 13.5 Å². The van der Waals surface area contributed by atoms with Gasteiger partial charge in [0.05, 0.1) is 11.0 Å². The molecule has 5 rings (SSSR count). The fourth-order valence-electron chi connectivity index (χ4n) is 4.53. The number of nitrogens with two attached hydrogens (primary N) is 1. The molecule has 1 aliphatic carbocycles. The maximum absolute atomic E-state index is 13.2. The van der Waals surface area contributed by atoms with Gasteiger partial charge in [0, 0.05) is 37.7 Å². The van der Waals surface area contributed by atoms with Gasteiger partial charge in [-0.25, -0.2) is 4.98 Å². The molecule has 0 radical (unpaired) electrons. The number of fused-ring (bicyclic) bond motifs is 1. The molecule has 1 aliphatic heterocycles. The summed E-state index contributed by atoms with van der Waals surface area (Å²) in [5.41, 5.74) is 11.5. The predicted molar refractivity (Wildman–Crippen MR) is 118 cm³/mol. The SMILES string of the molecule is Cn1c(Cc2ccc(C(=N)N)cc2)nc2c(C3CC3)c(C(=O)N3CCCC3)ccc21. The molecular weight excluding hydrogens is 374 g/mol. The lowest BCUT2D eigenvalue weighted by Crippen LogP contribution is -2.28. The number of nitrogens with zero attached hydrogens (tertiary/aromatic N) is 3. The summed E-state index contributed by atoms with van der Waals surface area (Å²) in [6, 6.07) is 11.8. The number of imidazole rings is 1. The molecule has 2 fully saturated rings. The first-order valence-electron chi connectivity index (χ1n) is 10.7. The number of carbonyl (C=O) groups is 1. The van der Waals surface area contributed by atoms with Crippen LogP contribution in [0, 0.1) is 5.41 Å². The molecule has 3 N–H and O–H groups in total. The number of hydrogen-bond acceptors (Lipinski definition) is 3. The lowest BCUT2D eigenvalue weighted by atomic mass is 10.00. The van der Waals surface area contributed by atoms with Gasteiger partial charge in [-0.1, -0.05) is 24.3 Å². The van der Waals surface area contributed by atoms with Crippen LogP contribution in [0.1, 0.15) is 64.5 Å². The fourth-order valence-corrected chi connectivity index (χ4v) is 4.53. The molecule has 1 saturated carbocycles. The minimum absolute atomic E-state index is 0.0774. The topological polar surface area (TPSA) is 88.0 Å².